The number of ether oxygens (including phenoxy) is 3. The Morgan fingerprint density at radius 1 is 1.24 bits per heavy atom. The molecule has 0 N–H and O–H groups in total. The lowest BCUT2D eigenvalue weighted by Gasteiger charge is -2.08. The van der Waals surface area contributed by atoms with Gasteiger partial charge in [0, 0.05) is 0 Å². The van der Waals surface area contributed by atoms with Crippen LogP contribution in [0, 0.1) is 0 Å². The normalized spacial score (nSPS) is 9.53. The van der Waals surface area contributed by atoms with Crippen LogP contribution in [0.4, 0.5) is 4.79 Å². The first-order valence-electron chi connectivity index (χ1n) is 5.21. The SMILES string of the molecule is CCCOC(=O)Oc1ccccc1C(=O)OC. The summed E-state index contributed by atoms with van der Waals surface area (Å²) in [5, 5.41) is 0. The Kier molecular flexibility index (Phi) is 5.00. The van der Waals surface area contributed by atoms with Gasteiger partial charge in [0.1, 0.15) is 11.3 Å². The zero-order valence-electron chi connectivity index (χ0n) is 9.76. The van der Waals surface area contributed by atoms with E-state index in [-0.39, 0.29) is 17.9 Å². The van der Waals surface area contributed by atoms with E-state index in [0.29, 0.717) is 6.42 Å². The summed E-state index contributed by atoms with van der Waals surface area (Å²) in [7, 11) is 1.26. The lowest BCUT2D eigenvalue weighted by Crippen LogP contribution is -2.13. The van der Waals surface area contributed by atoms with Gasteiger partial charge in [-0.15, -0.1) is 0 Å². The summed E-state index contributed by atoms with van der Waals surface area (Å²) in [6, 6.07) is 6.30. The fraction of sp³-hybridized carbons (Fsp3) is 0.333. The van der Waals surface area contributed by atoms with Crippen LogP contribution in [-0.2, 0) is 9.47 Å². The van der Waals surface area contributed by atoms with Gasteiger partial charge < -0.3 is 14.2 Å². The Labute approximate surface area is 99.3 Å². The molecule has 0 aliphatic heterocycles. The molecular weight excluding hydrogens is 224 g/mol. The summed E-state index contributed by atoms with van der Waals surface area (Å²) >= 11 is 0. The Morgan fingerprint density at radius 3 is 2.59 bits per heavy atom. The molecule has 1 aromatic rings. The van der Waals surface area contributed by atoms with E-state index >= 15 is 0 Å². The van der Waals surface area contributed by atoms with E-state index in [1.54, 1.807) is 12.1 Å². The first-order chi connectivity index (χ1) is 8.19. The van der Waals surface area contributed by atoms with Crippen molar-refractivity contribution in [1.82, 2.24) is 0 Å². The average molecular weight is 238 g/mol. The summed E-state index contributed by atoms with van der Waals surface area (Å²) in [4.78, 5) is 22.6. The summed E-state index contributed by atoms with van der Waals surface area (Å²) in [5.41, 5.74) is 0.184. The molecule has 5 heteroatoms. The van der Waals surface area contributed by atoms with Crippen molar-refractivity contribution in [2.45, 2.75) is 13.3 Å². The molecule has 0 unspecified atom stereocenters. The van der Waals surface area contributed by atoms with E-state index < -0.39 is 12.1 Å². The molecule has 0 bridgehead atoms. The first kappa shape index (κ1) is 13.0. The summed E-state index contributed by atoms with van der Waals surface area (Å²) in [6.45, 7) is 2.15. The zero-order valence-corrected chi connectivity index (χ0v) is 9.76. The second-order valence-corrected chi connectivity index (χ2v) is 3.19. The molecule has 0 spiro atoms. The van der Waals surface area contributed by atoms with Crippen LogP contribution in [0.25, 0.3) is 0 Å². The molecule has 0 saturated carbocycles. The van der Waals surface area contributed by atoms with Crippen molar-refractivity contribution in [1.29, 1.82) is 0 Å². The van der Waals surface area contributed by atoms with Crippen molar-refractivity contribution in [3.63, 3.8) is 0 Å². The standard InChI is InChI=1S/C12H14O5/c1-3-8-16-12(14)17-10-7-5-4-6-9(10)11(13)15-2/h4-7H,3,8H2,1-2H3. The van der Waals surface area contributed by atoms with E-state index in [0.717, 1.165) is 0 Å². The molecule has 92 valence electrons. The number of esters is 1. The molecule has 0 aliphatic carbocycles. The summed E-state index contributed by atoms with van der Waals surface area (Å²) in [5.74, 6) is -0.440. The smallest absolute Gasteiger partial charge is 0.465 e. The van der Waals surface area contributed by atoms with Crippen molar-refractivity contribution >= 4 is 12.1 Å². The molecule has 1 aromatic carbocycles. The van der Waals surface area contributed by atoms with Crippen LogP contribution in [-0.4, -0.2) is 25.8 Å². The lowest BCUT2D eigenvalue weighted by atomic mass is 10.2. The fourth-order valence-corrected chi connectivity index (χ4v) is 1.14. The van der Waals surface area contributed by atoms with E-state index in [4.69, 9.17) is 9.47 Å². The topological polar surface area (TPSA) is 61.8 Å². The van der Waals surface area contributed by atoms with Gasteiger partial charge in [-0.1, -0.05) is 19.1 Å². The minimum atomic E-state index is -0.830. The molecular formula is C12H14O5. The molecule has 5 nitrogen and oxygen atoms in total. The highest BCUT2D eigenvalue weighted by Crippen LogP contribution is 2.19. The van der Waals surface area contributed by atoms with Gasteiger partial charge in [0.2, 0.25) is 0 Å². The Bertz CT molecular complexity index is 400. The molecule has 0 aliphatic rings. The second-order valence-electron chi connectivity index (χ2n) is 3.19. The molecule has 0 saturated heterocycles. The number of hydrogen-bond acceptors (Lipinski definition) is 5. The maximum atomic E-state index is 11.4. The van der Waals surface area contributed by atoms with Crippen LogP contribution >= 0.6 is 0 Å². The molecule has 17 heavy (non-hydrogen) atoms. The molecule has 0 aromatic heterocycles. The van der Waals surface area contributed by atoms with E-state index in [1.807, 2.05) is 6.92 Å². The third-order valence-electron chi connectivity index (χ3n) is 1.91. The van der Waals surface area contributed by atoms with E-state index in [9.17, 15) is 9.59 Å². The molecule has 0 atom stereocenters. The minimum absolute atomic E-state index is 0.125. The van der Waals surface area contributed by atoms with Crippen LogP contribution in [0.15, 0.2) is 24.3 Å². The van der Waals surface area contributed by atoms with E-state index in [2.05, 4.69) is 4.74 Å². The predicted octanol–water partition coefficient (Wildman–Crippen LogP) is 2.40. The minimum Gasteiger partial charge on any atom is -0.465 e. The van der Waals surface area contributed by atoms with Crippen LogP contribution in [0.3, 0.4) is 0 Å². The quantitative estimate of drug-likeness (QED) is 0.595. The Hall–Kier alpha value is -2.04. The van der Waals surface area contributed by atoms with Crippen molar-refractivity contribution in [2.24, 2.45) is 0 Å². The van der Waals surface area contributed by atoms with Crippen molar-refractivity contribution in [3.05, 3.63) is 29.8 Å². The number of hydrogen-bond donors (Lipinski definition) is 0. The average Bonchev–Trinajstić information content (AvgIpc) is 2.36. The van der Waals surface area contributed by atoms with Gasteiger partial charge in [-0.05, 0) is 18.6 Å². The van der Waals surface area contributed by atoms with Crippen LogP contribution in [0.5, 0.6) is 5.75 Å². The van der Waals surface area contributed by atoms with Gasteiger partial charge >= 0.3 is 12.1 Å². The van der Waals surface area contributed by atoms with Gasteiger partial charge in [-0.25, -0.2) is 9.59 Å². The Balaban J connectivity index is 2.76. The maximum absolute atomic E-state index is 11.4. The van der Waals surface area contributed by atoms with Crippen molar-refractivity contribution in [2.75, 3.05) is 13.7 Å². The third-order valence-corrected chi connectivity index (χ3v) is 1.91. The highest BCUT2D eigenvalue weighted by atomic mass is 16.7. The van der Waals surface area contributed by atoms with Gasteiger partial charge in [-0.2, -0.15) is 0 Å². The predicted molar refractivity (Wildman–Crippen MR) is 60.0 cm³/mol. The monoisotopic (exact) mass is 238 g/mol. The van der Waals surface area contributed by atoms with Crippen molar-refractivity contribution < 1.29 is 23.8 Å². The van der Waals surface area contributed by atoms with Gasteiger partial charge in [-0.3, -0.25) is 0 Å². The van der Waals surface area contributed by atoms with E-state index in [1.165, 1.54) is 19.2 Å². The lowest BCUT2D eigenvalue weighted by molar-refractivity contribution is 0.0594. The van der Waals surface area contributed by atoms with Crippen LogP contribution in [0.2, 0.25) is 0 Å². The molecule has 0 amide bonds. The van der Waals surface area contributed by atoms with Gasteiger partial charge in [0.15, 0.2) is 0 Å². The Morgan fingerprint density at radius 2 is 1.94 bits per heavy atom. The maximum Gasteiger partial charge on any atom is 0.513 e. The number of benzene rings is 1. The number of carbonyl (C=O) groups excluding carboxylic acids is 2. The molecule has 0 heterocycles. The first-order valence-corrected chi connectivity index (χ1v) is 5.21. The highest BCUT2D eigenvalue weighted by molar-refractivity contribution is 5.93. The highest BCUT2D eigenvalue weighted by Gasteiger charge is 2.15. The number of methoxy groups -OCH3 is 1. The molecule has 1 rings (SSSR count). The third kappa shape index (κ3) is 3.79. The largest absolute Gasteiger partial charge is 0.513 e. The molecule has 0 fully saturated rings. The van der Waals surface area contributed by atoms with Crippen molar-refractivity contribution in [3.8, 4) is 5.75 Å². The number of carbonyl (C=O) groups is 2. The second kappa shape index (κ2) is 6.52. The fourth-order valence-electron chi connectivity index (χ4n) is 1.14. The van der Waals surface area contributed by atoms with Gasteiger partial charge in [0.05, 0.1) is 13.7 Å². The summed E-state index contributed by atoms with van der Waals surface area (Å²) < 4.78 is 14.2. The van der Waals surface area contributed by atoms with Crippen LogP contribution < -0.4 is 4.74 Å². The van der Waals surface area contributed by atoms with Crippen LogP contribution in [0.1, 0.15) is 23.7 Å². The van der Waals surface area contributed by atoms with Gasteiger partial charge in [0.25, 0.3) is 0 Å². The summed E-state index contributed by atoms with van der Waals surface area (Å²) in [6.07, 6.45) is -0.128. The zero-order chi connectivity index (χ0) is 12.7. The molecule has 0 radical (unpaired) electrons. The number of rotatable bonds is 4. The number of para-hydroxylation sites is 1.